The average Bonchev–Trinajstić information content (AvgIpc) is 2.40. The Balaban J connectivity index is 2.62. The number of rotatable bonds is 6. The van der Waals surface area contributed by atoms with Gasteiger partial charge < -0.3 is 10.4 Å². The van der Waals surface area contributed by atoms with E-state index in [1.54, 1.807) is 13.8 Å². The fourth-order valence-electron chi connectivity index (χ4n) is 1.87. The largest absolute Gasteiger partial charge is 0.481 e. The number of nitrogens with zero attached hydrogens (tertiary/aromatic N) is 1. The van der Waals surface area contributed by atoms with E-state index >= 15 is 0 Å². The van der Waals surface area contributed by atoms with Gasteiger partial charge in [0.25, 0.3) is 5.91 Å². The van der Waals surface area contributed by atoms with Crippen LogP contribution in [-0.2, 0) is 14.4 Å². The number of hydrogen-bond acceptors (Lipinski definition) is 4. The molecule has 0 saturated heterocycles. The summed E-state index contributed by atoms with van der Waals surface area (Å²) in [7, 11) is 0. The number of carbonyl (C=O) groups is 3. The minimum atomic E-state index is -0.950. The molecular weight excluding hydrogens is 250 g/mol. The molecule has 2 amide bonds. The van der Waals surface area contributed by atoms with Crippen LogP contribution in [0.4, 0.5) is 0 Å². The molecule has 1 rings (SSSR count). The summed E-state index contributed by atoms with van der Waals surface area (Å²) in [5.41, 5.74) is 1.51. The van der Waals surface area contributed by atoms with Crippen LogP contribution < -0.4 is 10.7 Å². The summed E-state index contributed by atoms with van der Waals surface area (Å²) in [4.78, 5) is 34.0. The van der Waals surface area contributed by atoms with E-state index in [-0.39, 0.29) is 31.0 Å². The molecule has 0 radical (unpaired) electrons. The molecule has 1 aliphatic rings. The minimum absolute atomic E-state index is 0.0567. The van der Waals surface area contributed by atoms with Crippen LogP contribution in [-0.4, -0.2) is 35.1 Å². The van der Waals surface area contributed by atoms with Crippen molar-refractivity contribution in [3.8, 4) is 0 Å². The van der Waals surface area contributed by atoms with Gasteiger partial charge in [-0.25, -0.2) is 5.43 Å². The molecule has 0 spiro atoms. The lowest BCUT2D eigenvalue weighted by Crippen LogP contribution is -2.45. The van der Waals surface area contributed by atoms with Crippen LogP contribution in [0.2, 0.25) is 0 Å². The molecule has 106 valence electrons. The second-order valence-corrected chi connectivity index (χ2v) is 4.57. The smallest absolute Gasteiger partial charge is 0.311 e. The maximum Gasteiger partial charge on any atom is 0.311 e. The summed E-state index contributed by atoms with van der Waals surface area (Å²) in [6.07, 6.45) is 1.36. The summed E-state index contributed by atoms with van der Waals surface area (Å²) in [5.74, 6) is -1.57. The SMILES string of the molecule is CCC(CC)(CNC(=O)C1=NNC(=O)CC1)C(=O)O. The first-order valence-corrected chi connectivity index (χ1v) is 6.32. The third-order valence-electron chi connectivity index (χ3n) is 3.56. The van der Waals surface area contributed by atoms with Crippen molar-refractivity contribution < 1.29 is 19.5 Å². The predicted octanol–water partition coefficient (Wildman–Crippen LogP) is 0.260. The number of carboxylic acid groups (broad SMARTS) is 1. The third kappa shape index (κ3) is 3.52. The van der Waals surface area contributed by atoms with E-state index in [0.29, 0.717) is 12.8 Å². The highest BCUT2D eigenvalue weighted by Crippen LogP contribution is 2.25. The van der Waals surface area contributed by atoms with Crippen molar-refractivity contribution in [1.82, 2.24) is 10.7 Å². The zero-order valence-corrected chi connectivity index (χ0v) is 11.2. The van der Waals surface area contributed by atoms with Gasteiger partial charge in [-0.3, -0.25) is 14.4 Å². The topological polar surface area (TPSA) is 108 Å². The maximum absolute atomic E-state index is 11.8. The van der Waals surface area contributed by atoms with Crippen LogP contribution in [0.25, 0.3) is 0 Å². The van der Waals surface area contributed by atoms with E-state index in [1.165, 1.54) is 0 Å². The Morgan fingerprint density at radius 2 is 2.00 bits per heavy atom. The second-order valence-electron chi connectivity index (χ2n) is 4.57. The van der Waals surface area contributed by atoms with Gasteiger partial charge in [0.05, 0.1) is 5.41 Å². The number of carboxylic acids is 1. The zero-order valence-electron chi connectivity index (χ0n) is 11.2. The monoisotopic (exact) mass is 269 g/mol. The first-order chi connectivity index (χ1) is 8.95. The Bertz CT molecular complexity index is 413. The number of aliphatic carboxylic acids is 1. The molecular formula is C12H19N3O4. The molecule has 3 N–H and O–H groups in total. The van der Waals surface area contributed by atoms with Crippen molar-refractivity contribution in [1.29, 1.82) is 0 Å². The summed E-state index contributed by atoms with van der Waals surface area (Å²) >= 11 is 0. The van der Waals surface area contributed by atoms with Gasteiger partial charge in [-0.15, -0.1) is 0 Å². The molecule has 0 atom stereocenters. The maximum atomic E-state index is 11.8. The number of hydrazone groups is 1. The Labute approximate surface area is 111 Å². The molecule has 19 heavy (non-hydrogen) atoms. The molecule has 7 heteroatoms. The normalized spacial score (nSPS) is 15.5. The van der Waals surface area contributed by atoms with Crippen LogP contribution in [0.3, 0.4) is 0 Å². The molecule has 7 nitrogen and oxygen atoms in total. The second kappa shape index (κ2) is 6.31. The lowest BCUT2D eigenvalue weighted by atomic mass is 9.82. The minimum Gasteiger partial charge on any atom is -0.481 e. The van der Waals surface area contributed by atoms with Gasteiger partial charge in [-0.05, 0) is 12.8 Å². The highest BCUT2D eigenvalue weighted by atomic mass is 16.4. The van der Waals surface area contributed by atoms with Crippen molar-refractivity contribution in [3.63, 3.8) is 0 Å². The van der Waals surface area contributed by atoms with E-state index in [0.717, 1.165) is 0 Å². The molecule has 0 aliphatic carbocycles. The molecule has 1 aliphatic heterocycles. The first kappa shape index (κ1) is 15.1. The van der Waals surface area contributed by atoms with Gasteiger partial charge in [0.2, 0.25) is 5.91 Å². The molecule has 0 aromatic rings. The van der Waals surface area contributed by atoms with Crippen molar-refractivity contribution in [2.75, 3.05) is 6.54 Å². The Kier molecular flexibility index (Phi) is 5.02. The number of amides is 2. The highest BCUT2D eigenvalue weighted by Gasteiger charge is 2.35. The van der Waals surface area contributed by atoms with Crippen LogP contribution in [0.1, 0.15) is 39.5 Å². The summed E-state index contributed by atoms with van der Waals surface area (Å²) < 4.78 is 0. The number of nitrogens with one attached hydrogen (secondary N) is 2. The van der Waals surface area contributed by atoms with E-state index in [1.807, 2.05) is 0 Å². The van der Waals surface area contributed by atoms with Gasteiger partial charge in [0.15, 0.2) is 0 Å². The van der Waals surface area contributed by atoms with Gasteiger partial charge >= 0.3 is 5.97 Å². The molecule has 0 bridgehead atoms. The molecule has 0 fully saturated rings. The quantitative estimate of drug-likeness (QED) is 0.642. The molecule has 0 aromatic heterocycles. The van der Waals surface area contributed by atoms with Crippen LogP contribution in [0, 0.1) is 5.41 Å². The predicted molar refractivity (Wildman–Crippen MR) is 68.5 cm³/mol. The molecule has 0 unspecified atom stereocenters. The molecule has 1 heterocycles. The third-order valence-corrected chi connectivity index (χ3v) is 3.56. The molecule has 0 aromatic carbocycles. The molecule has 0 saturated carbocycles. The number of hydrogen-bond donors (Lipinski definition) is 3. The van der Waals surface area contributed by atoms with Crippen molar-refractivity contribution in [3.05, 3.63) is 0 Å². The lowest BCUT2D eigenvalue weighted by Gasteiger charge is -2.27. The van der Waals surface area contributed by atoms with Crippen LogP contribution >= 0.6 is 0 Å². The van der Waals surface area contributed by atoms with Gasteiger partial charge in [-0.1, -0.05) is 13.8 Å². The summed E-state index contributed by atoms with van der Waals surface area (Å²) in [6, 6.07) is 0. The summed E-state index contributed by atoms with van der Waals surface area (Å²) in [5, 5.41) is 15.5. The van der Waals surface area contributed by atoms with Gasteiger partial charge in [0.1, 0.15) is 5.71 Å². The van der Waals surface area contributed by atoms with E-state index < -0.39 is 17.3 Å². The van der Waals surface area contributed by atoms with Gasteiger partial charge in [0, 0.05) is 19.4 Å². The zero-order chi connectivity index (χ0) is 14.5. The van der Waals surface area contributed by atoms with Crippen molar-refractivity contribution in [2.45, 2.75) is 39.5 Å². The van der Waals surface area contributed by atoms with Crippen molar-refractivity contribution in [2.24, 2.45) is 10.5 Å². The van der Waals surface area contributed by atoms with Crippen molar-refractivity contribution >= 4 is 23.5 Å². The van der Waals surface area contributed by atoms with Crippen LogP contribution in [0.5, 0.6) is 0 Å². The fraction of sp³-hybridized carbons (Fsp3) is 0.667. The lowest BCUT2D eigenvalue weighted by molar-refractivity contribution is -0.149. The van der Waals surface area contributed by atoms with E-state index in [4.69, 9.17) is 0 Å². The van der Waals surface area contributed by atoms with E-state index in [9.17, 15) is 19.5 Å². The Hall–Kier alpha value is -1.92. The Morgan fingerprint density at radius 1 is 1.37 bits per heavy atom. The standard InChI is InChI=1S/C12H19N3O4/c1-3-12(4-2,11(18)19)7-13-10(17)8-5-6-9(16)15-14-8/h3-7H2,1-2H3,(H,13,17)(H,15,16)(H,18,19). The number of carbonyl (C=O) groups excluding carboxylic acids is 2. The average molecular weight is 269 g/mol. The summed E-state index contributed by atoms with van der Waals surface area (Å²) in [6.45, 7) is 3.62. The Morgan fingerprint density at radius 3 is 2.42 bits per heavy atom. The highest BCUT2D eigenvalue weighted by molar-refractivity contribution is 6.39. The first-order valence-electron chi connectivity index (χ1n) is 6.32. The van der Waals surface area contributed by atoms with Crippen LogP contribution in [0.15, 0.2) is 5.10 Å². The van der Waals surface area contributed by atoms with E-state index in [2.05, 4.69) is 15.8 Å². The van der Waals surface area contributed by atoms with Gasteiger partial charge in [-0.2, -0.15) is 5.10 Å². The fourth-order valence-corrected chi connectivity index (χ4v) is 1.87.